The minimum absolute atomic E-state index is 0.193. The standard InChI is InChI=1S/C77H104N12O46/c1-37(90)114-29-53-61(120-41(5)94)65(124-45(9)98)69(128-49(13)102)73(132-53)110-21-17-106-57-25-86(82-78-57)33-77(34-87-26-58(79-83-87)107-18-22-111-74-70(129-50(14)103)66(125-46(10)99)62(121-42(6)95)54(133-74)30-115-38(2)91,118-35-88-27-59(80-84-88)108-19-23-112-75-71(130-51(15)104)67(126-47(11)100)63(122-43(7)96)55(134-75)31-116-39(3)92)119-36-89-28-60(81-85-89)109-20-24-113-76-72(131-52(16)105)68(127-48(12)101)64(123-44(8)97)56(135-76)32-117-40(4)93/h25-28,53-56,61-76H,17-24,29-36H2,1-16H3/t53-,54-,55-,56-,61-,62-,63-,64-,65+,66+,67+,68+,69+,70+,71+,72+,73+,74+,75+,76+/m1/s1. The zero-order chi connectivity index (χ0) is 98.9. The Morgan fingerprint density at radius 2 is 0.437 bits per heavy atom. The van der Waals surface area contributed by atoms with Gasteiger partial charge in [-0.3, -0.25) is 76.7 Å². The molecule has 0 bridgehead atoms. The number of nitrogens with zero attached hydrogens (tertiary/aromatic N) is 12. The minimum Gasteiger partial charge on any atom is -0.473 e. The molecule has 20 atom stereocenters. The summed E-state index contributed by atoms with van der Waals surface area (Å²) in [6.07, 6.45) is -25.6. The molecule has 748 valence electrons. The zero-order valence-corrected chi connectivity index (χ0v) is 75.8. The Labute approximate surface area is 765 Å². The van der Waals surface area contributed by atoms with E-state index >= 15 is 0 Å². The second-order valence-electron chi connectivity index (χ2n) is 29.3. The van der Waals surface area contributed by atoms with Crippen molar-refractivity contribution < 1.29 is 219 Å². The third kappa shape index (κ3) is 35.0. The first-order valence-electron chi connectivity index (χ1n) is 41.1. The molecular formula is C77H104N12O46. The molecule has 0 N–H and O–H groups in total. The molecule has 8 heterocycles. The molecule has 0 aromatic carbocycles. The molecule has 58 nitrogen and oxygen atoms in total. The van der Waals surface area contributed by atoms with Gasteiger partial charge in [0.15, 0.2) is 98.4 Å². The van der Waals surface area contributed by atoms with Crippen molar-refractivity contribution in [2.24, 2.45) is 0 Å². The Balaban J connectivity index is 1.10. The average Bonchev–Trinajstić information content (AvgIpc) is 1.46. The van der Waals surface area contributed by atoms with Gasteiger partial charge in [0, 0.05) is 111 Å². The Hall–Kier alpha value is -13.1. The van der Waals surface area contributed by atoms with Crippen LogP contribution in [0.4, 0.5) is 0 Å². The molecule has 135 heavy (non-hydrogen) atoms. The molecule has 4 saturated heterocycles. The second-order valence-corrected chi connectivity index (χ2v) is 29.3. The van der Waals surface area contributed by atoms with E-state index < -0.39 is 317 Å². The molecule has 58 heteroatoms. The van der Waals surface area contributed by atoms with Gasteiger partial charge in [0.2, 0.25) is 5.79 Å². The van der Waals surface area contributed by atoms with Gasteiger partial charge in [0.1, 0.15) is 90.7 Å². The molecule has 4 aliphatic rings. The molecule has 0 aliphatic carbocycles. The molecule has 4 aliphatic heterocycles. The van der Waals surface area contributed by atoms with Crippen LogP contribution in [-0.4, -0.2) is 363 Å². The van der Waals surface area contributed by atoms with Gasteiger partial charge in [-0.25, -0.2) is 18.7 Å². The summed E-state index contributed by atoms with van der Waals surface area (Å²) >= 11 is 0. The highest BCUT2D eigenvalue weighted by Crippen LogP contribution is 2.36. The van der Waals surface area contributed by atoms with Crippen LogP contribution < -0.4 is 18.9 Å². The number of aromatic nitrogens is 12. The predicted octanol–water partition coefficient (Wildman–Crippen LogP) is -3.29. The van der Waals surface area contributed by atoms with E-state index in [0.717, 1.165) is 130 Å². The molecule has 4 aromatic heterocycles. The Morgan fingerprint density at radius 1 is 0.252 bits per heavy atom. The van der Waals surface area contributed by atoms with Crippen molar-refractivity contribution in [3.63, 3.8) is 0 Å². The number of ether oxygens (including phenoxy) is 30. The predicted molar refractivity (Wildman–Crippen MR) is 419 cm³/mol. The van der Waals surface area contributed by atoms with Crippen molar-refractivity contribution in [3.05, 3.63) is 24.8 Å². The van der Waals surface area contributed by atoms with Gasteiger partial charge >= 0.3 is 95.5 Å². The van der Waals surface area contributed by atoms with E-state index in [1.165, 1.54) is 24.8 Å². The maximum absolute atomic E-state index is 12.6. The Kier molecular flexibility index (Phi) is 41.3. The van der Waals surface area contributed by atoms with Crippen LogP contribution in [0.2, 0.25) is 0 Å². The lowest BCUT2D eigenvalue weighted by molar-refractivity contribution is -0.308. The monoisotopic (exact) mass is 1930 g/mol. The average molecular weight is 1930 g/mol. The maximum atomic E-state index is 12.6. The first kappa shape index (κ1) is 107. The summed E-state index contributed by atoms with van der Waals surface area (Å²) in [7, 11) is 0. The van der Waals surface area contributed by atoms with Crippen LogP contribution in [0.1, 0.15) is 111 Å². The van der Waals surface area contributed by atoms with E-state index in [0.29, 0.717) is 0 Å². The normalized spacial score (nSPS) is 24.7. The van der Waals surface area contributed by atoms with Gasteiger partial charge in [0.25, 0.3) is 23.5 Å². The number of carbonyl (C=O) groups excluding carboxylic acids is 16. The van der Waals surface area contributed by atoms with Crippen molar-refractivity contribution in [1.29, 1.82) is 0 Å². The van der Waals surface area contributed by atoms with Gasteiger partial charge in [-0.15, -0.1) is 0 Å². The largest absolute Gasteiger partial charge is 0.473 e. The second kappa shape index (κ2) is 51.9. The third-order valence-corrected chi connectivity index (χ3v) is 18.1. The number of carbonyl (C=O) groups is 16. The van der Waals surface area contributed by atoms with E-state index in [2.05, 4.69) is 41.2 Å². The maximum Gasteiger partial charge on any atom is 0.303 e. The smallest absolute Gasteiger partial charge is 0.303 e. The van der Waals surface area contributed by atoms with Crippen LogP contribution in [-0.2, 0) is 226 Å². The highest BCUT2D eigenvalue weighted by Gasteiger charge is 2.58. The van der Waals surface area contributed by atoms with E-state index in [4.69, 9.17) is 142 Å². The van der Waals surface area contributed by atoms with Crippen molar-refractivity contribution >= 4 is 95.5 Å². The van der Waals surface area contributed by atoms with E-state index in [9.17, 15) is 76.7 Å². The molecule has 0 saturated carbocycles. The number of hydrogen-bond donors (Lipinski definition) is 0. The van der Waals surface area contributed by atoms with Crippen LogP contribution in [0.3, 0.4) is 0 Å². The fraction of sp³-hybridized carbons (Fsp3) is 0.688. The van der Waals surface area contributed by atoms with E-state index in [-0.39, 0.29) is 36.7 Å². The summed E-state index contributed by atoms with van der Waals surface area (Å²) in [6.45, 7) is 8.91. The molecular weight excluding hydrogens is 1830 g/mol. The van der Waals surface area contributed by atoms with Gasteiger partial charge in [0.05, 0.1) is 64.3 Å². The zero-order valence-electron chi connectivity index (χ0n) is 75.8. The first-order valence-corrected chi connectivity index (χ1v) is 41.1. The lowest BCUT2D eigenvalue weighted by Crippen LogP contribution is -2.63. The summed E-state index contributed by atoms with van der Waals surface area (Å²) in [5, 5.41) is 33.3. The fourth-order valence-corrected chi connectivity index (χ4v) is 13.3. The number of hydrogen-bond acceptors (Lipinski definition) is 54. The lowest BCUT2D eigenvalue weighted by Gasteiger charge is -2.44. The summed E-state index contributed by atoms with van der Waals surface area (Å²) < 4.78 is 176. The summed E-state index contributed by atoms with van der Waals surface area (Å²) in [5.74, 6) is -16.8. The van der Waals surface area contributed by atoms with Crippen LogP contribution in [0.5, 0.6) is 23.5 Å². The summed E-state index contributed by atoms with van der Waals surface area (Å²) in [6, 6.07) is 0. The topological polar surface area (TPSA) is 673 Å². The van der Waals surface area contributed by atoms with Crippen LogP contribution in [0, 0.1) is 0 Å². The molecule has 0 spiro atoms. The molecule has 4 fully saturated rings. The SMILES string of the molecule is CC(=O)OC[C@H]1O[C@H](OCCOc2cn(COC(Cn3cc(OCCO[C@H]4O[C@H](COC(C)=O)[C@@H](OC(C)=O)[C@H](OC(C)=O)[C@@H]4OC(C)=O)nn3)(Cn3cc(OCCO[C@H]4O[C@H](COC(C)=O)[C@@H](OC(C)=O)[C@H](OC(C)=O)[C@@H]4OC(C)=O)nn3)OCn3cc(OCCO[C@H]4O[C@H](COC(C)=O)[C@@H](OC(C)=O)[C@H](OC(C)=O)[C@@H]4OC(C)=O)nn3)nn2)[C@@H](OC(C)=O)[C@@H](OC(C)=O)[C@@H]1OC(C)=O. The third-order valence-electron chi connectivity index (χ3n) is 18.1. The van der Waals surface area contributed by atoms with Crippen LogP contribution in [0.15, 0.2) is 24.8 Å². The number of esters is 16. The van der Waals surface area contributed by atoms with Gasteiger partial charge < -0.3 is 142 Å². The molecule has 0 unspecified atom stereocenters. The van der Waals surface area contributed by atoms with Gasteiger partial charge in [-0.05, 0) is 0 Å². The van der Waals surface area contributed by atoms with Crippen LogP contribution in [0.25, 0.3) is 0 Å². The summed E-state index contributed by atoms with van der Waals surface area (Å²) in [5.41, 5.74) is 0. The lowest BCUT2D eigenvalue weighted by atomic mass is 9.98. The number of rotatable bonds is 50. The van der Waals surface area contributed by atoms with Crippen molar-refractivity contribution in [3.8, 4) is 23.5 Å². The van der Waals surface area contributed by atoms with E-state index in [1.807, 2.05) is 0 Å². The Morgan fingerprint density at radius 3 is 0.637 bits per heavy atom. The van der Waals surface area contributed by atoms with Crippen LogP contribution >= 0.6 is 0 Å². The van der Waals surface area contributed by atoms with Crippen molar-refractivity contribution in [2.45, 2.75) is 266 Å². The van der Waals surface area contributed by atoms with Crippen molar-refractivity contribution in [1.82, 2.24) is 60.0 Å². The van der Waals surface area contributed by atoms with E-state index in [1.54, 1.807) is 0 Å². The molecule has 0 amide bonds. The highest BCUT2D eigenvalue weighted by atomic mass is 16.8. The first-order chi connectivity index (χ1) is 64.0. The Bertz CT molecular complexity index is 4410. The quantitative estimate of drug-likeness (QED) is 0.0181. The minimum atomic E-state index is -2.21. The summed E-state index contributed by atoms with van der Waals surface area (Å²) in [4.78, 5) is 198. The van der Waals surface area contributed by atoms with Gasteiger partial charge in [-0.2, -0.15) is 0 Å². The molecule has 0 radical (unpaired) electrons. The molecule has 8 rings (SSSR count). The highest BCUT2D eigenvalue weighted by molar-refractivity contribution is 5.72. The fourth-order valence-electron chi connectivity index (χ4n) is 13.3. The van der Waals surface area contributed by atoms with Gasteiger partial charge in [-0.1, -0.05) is 41.2 Å². The molecule has 4 aromatic rings. The van der Waals surface area contributed by atoms with Crippen molar-refractivity contribution in [2.75, 3.05) is 79.3 Å².